The van der Waals surface area contributed by atoms with E-state index in [0.29, 0.717) is 14.9 Å². The maximum atomic E-state index is 12.7. The van der Waals surface area contributed by atoms with Crippen molar-refractivity contribution in [3.8, 4) is 0 Å². The Morgan fingerprint density at radius 2 is 1.96 bits per heavy atom. The second kappa shape index (κ2) is 6.84. The van der Waals surface area contributed by atoms with E-state index in [1.54, 1.807) is 12.1 Å². The third-order valence-electron chi connectivity index (χ3n) is 3.24. The lowest BCUT2D eigenvalue weighted by molar-refractivity contribution is -0.384. The third kappa shape index (κ3) is 3.40. The first-order valence-electron chi connectivity index (χ1n) is 6.74. The number of thioether (sulfide) groups is 1. The summed E-state index contributed by atoms with van der Waals surface area (Å²) in [4.78, 5) is 24.9. The maximum absolute atomic E-state index is 12.7. The van der Waals surface area contributed by atoms with E-state index in [-0.39, 0.29) is 11.6 Å². The van der Waals surface area contributed by atoms with Gasteiger partial charge in [-0.15, -0.1) is 0 Å². The van der Waals surface area contributed by atoms with Gasteiger partial charge in [-0.2, -0.15) is 0 Å². The zero-order chi connectivity index (χ0) is 17.3. The van der Waals surface area contributed by atoms with Gasteiger partial charge < -0.3 is 0 Å². The fraction of sp³-hybridized carbons (Fsp3) is 0. The fourth-order valence-corrected chi connectivity index (χ4v) is 3.90. The second-order valence-corrected chi connectivity index (χ2v) is 7.44. The highest BCUT2D eigenvalue weighted by Gasteiger charge is 2.33. The molecule has 0 aromatic heterocycles. The summed E-state index contributed by atoms with van der Waals surface area (Å²) in [5, 5.41) is 10.9. The van der Waals surface area contributed by atoms with E-state index < -0.39 is 4.92 Å². The molecule has 24 heavy (non-hydrogen) atoms. The van der Waals surface area contributed by atoms with Crippen LogP contribution in [0.1, 0.15) is 5.56 Å². The number of amides is 1. The highest BCUT2D eigenvalue weighted by atomic mass is 79.9. The number of carbonyl (C=O) groups is 1. The van der Waals surface area contributed by atoms with E-state index >= 15 is 0 Å². The molecule has 8 heteroatoms. The van der Waals surface area contributed by atoms with Crippen molar-refractivity contribution < 1.29 is 9.72 Å². The topological polar surface area (TPSA) is 63.5 Å². The van der Waals surface area contributed by atoms with E-state index in [1.807, 2.05) is 24.3 Å². The number of thiocarbonyl (C=S) groups is 1. The molecule has 1 aliphatic rings. The molecule has 2 aromatic rings. The van der Waals surface area contributed by atoms with Crippen LogP contribution in [0.25, 0.3) is 6.08 Å². The van der Waals surface area contributed by atoms with Crippen molar-refractivity contribution in [3.63, 3.8) is 0 Å². The van der Waals surface area contributed by atoms with Gasteiger partial charge in [-0.05, 0) is 29.8 Å². The molecule has 0 spiro atoms. The summed E-state index contributed by atoms with van der Waals surface area (Å²) >= 11 is 9.84. The maximum Gasteiger partial charge on any atom is 0.271 e. The molecule has 0 atom stereocenters. The molecule has 0 aliphatic carbocycles. The summed E-state index contributed by atoms with van der Waals surface area (Å²) in [6.45, 7) is 0. The van der Waals surface area contributed by atoms with Crippen LogP contribution in [-0.2, 0) is 4.79 Å². The molecule has 3 rings (SSSR count). The molecule has 2 aromatic carbocycles. The summed E-state index contributed by atoms with van der Waals surface area (Å²) < 4.78 is 1.26. The Kier molecular flexibility index (Phi) is 4.79. The van der Waals surface area contributed by atoms with Crippen LogP contribution in [0.15, 0.2) is 57.9 Å². The molecule has 1 heterocycles. The van der Waals surface area contributed by atoms with Gasteiger partial charge in [0.25, 0.3) is 11.6 Å². The van der Waals surface area contributed by atoms with Gasteiger partial charge in [0, 0.05) is 16.6 Å². The van der Waals surface area contributed by atoms with Crippen molar-refractivity contribution in [1.82, 2.24) is 0 Å². The number of nitrogens with zero attached hydrogens (tertiary/aromatic N) is 2. The number of non-ortho nitro benzene ring substituents is 1. The molecule has 0 radical (unpaired) electrons. The zero-order valence-electron chi connectivity index (χ0n) is 12.0. The summed E-state index contributed by atoms with van der Waals surface area (Å²) in [7, 11) is 0. The van der Waals surface area contributed by atoms with Crippen LogP contribution >= 0.6 is 39.9 Å². The molecule has 120 valence electrons. The Bertz CT molecular complexity index is 898. The first-order chi connectivity index (χ1) is 11.5. The number of nitro benzene ring substituents is 1. The summed E-state index contributed by atoms with van der Waals surface area (Å²) in [5.74, 6) is -0.287. The summed E-state index contributed by atoms with van der Waals surface area (Å²) in [6, 6.07) is 13.4. The lowest BCUT2D eigenvalue weighted by Crippen LogP contribution is -2.27. The van der Waals surface area contributed by atoms with Crippen LogP contribution in [0.3, 0.4) is 0 Å². The fourth-order valence-electron chi connectivity index (χ4n) is 2.18. The number of anilines is 1. The molecule has 0 bridgehead atoms. The largest absolute Gasteiger partial charge is 0.271 e. The first-order valence-corrected chi connectivity index (χ1v) is 8.75. The Labute approximate surface area is 155 Å². The van der Waals surface area contributed by atoms with Crippen LogP contribution < -0.4 is 4.90 Å². The highest BCUT2D eigenvalue weighted by Crippen LogP contribution is 2.37. The average molecular weight is 421 g/mol. The second-order valence-electron chi connectivity index (χ2n) is 4.85. The predicted molar refractivity (Wildman–Crippen MR) is 103 cm³/mol. The van der Waals surface area contributed by atoms with Crippen LogP contribution in [-0.4, -0.2) is 15.2 Å². The number of benzene rings is 2. The van der Waals surface area contributed by atoms with Gasteiger partial charge in [-0.25, -0.2) is 0 Å². The quantitative estimate of drug-likeness (QED) is 0.309. The number of hydrogen-bond donors (Lipinski definition) is 0. The summed E-state index contributed by atoms with van der Waals surface area (Å²) in [5.41, 5.74) is 1.17. The molecule has 0 N–H and O–H groups in total. The van der Waals surface area contributed by atoms with Gasteiger partial charge in [-0.3, -0.25) is 19.8 Å². The van der Waals surface area contributed by atoms with Gasteiger partial charge in [-0.1, -0.05) is 58.1 Å². The number of carbonyl (C=O) groups excluding carboxylic acids is 1. The van der Waals surface area contributed by atoms with Crippen LogP contribution in [0, 0.1) is 10.1 Å². The van der Waals surface area contributed by atoms with E-state index in [2.05, 4.69) is 15.9 Å². The van der Waals surface area contributed by atoms with Crippen molar-refractivity contribution in [1.29, 1.82) is 0 Å². The van der Waals surface area contributed by atoms with Gasteiger partial charge in [0.1, 0.15) is 0 Å². The van der Waals surface area contributed by atoms with Crippen molar-refractivity contribution in [2.24, 2.45) is 0 Å². The smallest absolute Gasteiger partial charge is 0.268 e. The predicted octanol–water partition coefficient (Wildman–Crippen LogP) is 4.76. The van der Waals surface area contributed by atoms with E-state index in [0.717, 1.165) is 10.0 Å². The Hall–Kier alpha value is -2.03. The van der Waals surface area contributed by atoms with Crippen molar-refractivity contribution in [2.75, 3.05) is 4.90 Å². The minimum absolute atomic E-state index is 0.0856. The zero-order valence-corrected chi connectivity index (χ0v) is 15.2. The molecule has 0 unspecified atom stereocenters. The molecule has 1 fully saturated rings. The lowest BCUT2D eigenvalue weighted by Gasteiger charge is -2.13. The van der Waals surface area contributed by atoms with Crippen LogP contribution in [0.5, 0.6) is 0 Å². The van der Waals surface area contributed by atoms with Crippen molar-refractivity contribution in [2.45, 2.75) is 0 Å². The van der Waals surface area contributed by atoms with Crippen molar-refractivity contribution in [3.05, 3.63) is 73.6 Å². The SMILES string of the molecule is O=C1C(=Cc2cccc(Br)c2)SC(=S)N1c1cccc([N+](=O)[O-])c1. The minimum Gasteiger partial charge on any atom is -0.268 e. The van der Waals surface area contributed by atoms with E-state index in [9.17, 15) is 14.9 Å². The number of hydrogen-bond acceptors (Lipinski definition) is 5. The summed E-state index contributed by atoms with van der Waals surface area (Å²) in [6.07, 6.45) is 1.75. The van der Waals surface area contributed by atoms with E-state index in [1.165, 1.54) is 34.9 Å². The monoisotopic (exact) mass is 420 g/mol. The minimum atomic E-state index is -0.502. The standard InChI is InChI=1S/C16H9BrN2O3S2/c17-11-4-1-3-10(7-11)8-14-15(20)18(16(23)24-14)12-5-2-6-13(9-12)19(21)22/h1-9H. The Morgan fingerprint density at radius 3 is 2.67 bits per heavy atom. The number of halogens is 1. The highest BCUT2D eigenvalue weighted by molar-refractivity contribution is 9.10. The van der Waals surface area contributed by atoms with Gasteiger partial charge in [0.15, 0.2) is 4.32 Å². The van der Waals surface area contributed by atoms with E-state index in [4.69, 9.17) is 12.2 Å². The van der Waals surface area contributed by atoms with Crippen molar-refractivity contribution >= 4 is 67.6 Å². The molecule has 5 nitrogen and oxygen atoms in total. The molecular weight excluding hydrogens is 412 g/mol. The molecule has 0 saturated carbocycles. The number of nitro groups is 1. The average Bonchev–Trinajstić information content (AvgIpc) is 2.81. The molecule has 1 amide bonds. The first kappa shape index (κ1) is 16.8. The molecular formula is C16H9BrN2O3S2. The molecule has 1 aliphatic heterocycles. The van der Waals surface area contributed by atoms with Gasteiger partial charge in [0.05, 0.1) is 15.5 Å². The number of rotatable bonds is 3. The normalized spacial score (nSPS) is 16.0. The van der Waals surface area contributed by atoms with Gasteiger partial charge in [0.2, 0.25) is 0 Å². The molecule has 1 saturated heterocycles. The Morgan fingerprint density at radius 1 is 1.21 bits per heavy atom. The Balaban J connectivity index is 1.95. The van der Waals surface area contributed by atoms with Crippen LogP contribution in [0.2, 0.25) is 0 Å². The lowest BCUT2D eigenvalue weighted by atomic mass is 10.2. The van der Waals surface area contributed by atoms with Crippen LogP contribution in [0.4, 0.5) is 11.4 Å². The van der Waals surface area contributed by atoms with Gasteiger partial charge >= 0.3 is 0 Å². The third-order valence-corrected chi connectivity index (χ3v) is 5.03.